The molecule has 2 N–H and O–H groups in total. The summed E-state index contributed by atoms with van der Waals surface area (Å²) >= 11 is 1.30. The number of para-hydroxylation sites is 2. The van der Waals surface area contributed by atoms with E-state index >= 15 is 0 Å². The average molecular weight is 296 g/mol. The van der Waals surface area contributed by atoms with Crippen LogP contribution >= 0.6 is 11.3 Å². The second-order valence-electron chi connectivity index (χ2n) is 4.11. The van der Waals surface area contributed by atoms with Crippen LogP contribution < -0.4 is 10.0 Å². The van der Waals surface area contributed by atoms with Crippen LogP contribution in [0, 0.1) is 0 Å². The van der Waals surface area contributed by atoms with Crippen molar-refractivity contribution in [2.45, 2.75) is 17.6 Å². The van der Waals surface area contributed by atoms with Crippen LogP contribution in [0.4, 0.5) is 11.4 Å². The summed E-state index contributed by atoms with van der Waals surface area (Å²) in [7, 11) is -2.01. The summed E-state index contributed by atoms with van der Waals surface area (Å²) in [5.41, 5.74) is 6.76. The number of thiophene rings is 1. The van der Waals surface area contributed by atoms with Crippen LogP contribution in [-0.4, -0.2) is 15.5 Å². The highest BCUT2D eigenvalue weighted by atomic mass is 32.2. The molecule has 0 radical (unpaired) electrons. The van der Waals surface area contributed by atoms with E-state index < -0.39 is 10.0 Å². The zero-order valence-corrected chi connectivity index (χ0v) is 12.5. The van der Waals surface area contributed by atoms with Gasteiger partial charge in [-0.25, -0.2) is 8.42 Å². The van der Waals surface area contributed by atoms with Crippen molar-refractivity contribution >= 4 is 32.7 Å². The second kappa shape index (κ2) is 5.22. The Hall–Kier alpha value is -1.53. The molecule has 0 aliphatic heterocycles. The zero-order valence-electron chi connectivity index (χ0n) is 10.8. The number of sulfonamides is 1. The lowest BCUT2D eigenvalue weighted by Crippen LogP contribution is -2.26. The van der Waals surface area contributed by atoms with Gasteiger partial charge in [-0.1, -0.05) is 19.1 Å². The molecule has 1 heterocycles. The number of aryl methyl sites for hydroxylation is 1. The Morgan fingerprint density at radius 1 is 1.21 bits per heavy atom. The highest BCUT2D eigenvalue weighted by Gasteiger charge is 2.24. The number of nitrogens with two attached hydrogens (primary N) is 1. The summed E-state index contributed by atoms with van der Waals surface area (Å²) in [6, 6.07) is 10.4. The van der Waals surface area contributed by atoms with Crippen molar-refractivity contribution in [1.82, 2.24) is 0 Å². The molecular formula is C13H16N2O2S2. The monoisotopic (exact) mass is 296 g/mol. The highest BCUT2D eigenvalue weighted by molar-refractivity contribution is 7.94. The van der Waals surface area contributed by atoms with Crippen LogP contribution in [0.3, 0.4) is 0 Å². The van der Waals surface area contributed by atoms with E-state index in [-0.39, 0.29) is 0 Å². The number of benzene rings is 1. The van der Waals surface area contributed by atoms with Crippen molar-refractivity contribution in [1.29, 1.82) is 0 Å². The Morgan fingerprint density at radius 3 is 2.47 bits per heavy atom. The summed E-state index contributed by atoms with van der Waals surface area (Å²) in [5.74, 6) is 0. The summed E-state index contributed by atoms with van der Waals surface area (Å²) in [5, 5.41) is 0. The number of hydrogen-bond acceptors (Lipinski definition) is 4. The Balaban J connectivity index is 2.42. The minimum absolute atomic E-state index is 0.343. The fourth-order valence-electron chi connectivity index (χ4n) is 1.73. The largest absolute Gasteiger partial charge is 0.397 e. The van der Waals surface area contributed by atoms with Crippen LogP contribution in [0.5, 0.6) is 0 Å². The van der Waals surface area contributed by atoms with E-state index in [1.165, 1.54) is 22.7 Å². The first-order valence-electron chi connectivity index (χ1n) is 5.89. The maximum Gasteiger partial charge on any atom is 0.273 e. The molecule has 2 rings (SSSR count). The number of nitrogen functional groups attached to an aromatic ring is 1. The van der Waals surface area contributed by atoms with Gasteiger partial charge in [0, 0.05) is 11.9 Å². The van der Waals surface area contributed by atoms with Crippen LogP contribution in [0.25, 0.3) is 0 Å². The lowest BCUT2D eigenvalue weighted by molar-refractivity contribution is 0.596. The second-order valence-corrected chi connectivity index (χ2v) is 7.47. The number of anilines is 2. The van der Waals surface area contributed by atoms with Gasteiger partial charge in [-0.05, 0) is 30.7 Å². The van der Waals surface area contributed by atoms with E-state index in [1.54, 1.807) is 30.3 Å². The summed E-state index contributed by atoms with van der Waals surface area (Å²) in [6.45, 7) is 2.00. The Morgan fingerprint density at radius 2 is 1.89 bits per heavy atom. The van der Waals surface area contributed by atoms with Gasteiger partial charge in [-0.2, -0.15) is 0 Å². The number of nitrogens with zero attached hydrogens (tertiary/aromatic N) is 1. The Bertz CT molecular complexity index is 677. The molecule has 0 fully saturated rings. The zero-order chi connectivity index (χ0) is 14.0. The molecule has 0 aliphatic rings. The van der Waals surface area contributed by atoms with E-state index in [4.69, 9.17) is 5.73 Å². The van der Waals surface area contributed by atoms with E-state index in [0.29, 0.717) is 15.6 Å². The van der Waals surface area contributed by atoms with Gasteiger partial charge >= 0.3 is 0 Å². The van der Waals surface area contributed by atoms with Crippen molar-refractivity contribution < 1.29 is 8.42 Å². The minimum atomic E-state index is -3.53. The molecule has 2 aromatic rings. The molecule has 0 atom stereocenters. The Kier molecular flexibility index (Phi) is 3.82. The van der Waals surface area contributed by atoms with Crippen molar-refractivity contribution in [3.63, 3.8) is 0 Å². The predicted octanol–water partition coefficient (Wildman–Crippen LogP) is 2.72. The smallest absolute Gasteiger partial charge is 0.273 e. The highest BCUT2D eigenvalue weighted by Crippen LogP contribution is 2.30. The lowest BCUT2D eigenvalue weighted by Gasteiger charge is -2.19. The molecule has 0 unspecified atom stereocenters. The van der Waals surface area contributed by atoms with Gasteiger partial charge in [-0.15, -0.1) is 11.3 Å². The summed E-state index contributed by atoms with van der Waals surface area (Å²) in [6.07, 6.45) is 0.831. The molecule has 1 aromatic heterocycles. The van der Waals surface area contributed by atoms with Crippen LogP contribution in [0.15, 0.2) is 40.6 Å². The maximum absolute atomic E-state index is 12.5. The van der Waals surface area contributed by atoms with E-state index in [0.717, 1.165) is 11.3 Å². The summed E-state index contributed by atoms with van der Waals surface area (Å²) < 4.78 is 26.6. The quantitative estimate of drug-likeness (QED) is 0.882. The minimum Gasteiger partial charge on any atom is -0.397 e. The molecule has 0 saturated heterocycles. The Labute approximate surface area is 117 Å². The number of hydrogen-bond donors (Lipinski definition) is 1. The predicted molar refractivity (Wildman–Crippen MR) is 80.1 cm³/mol. The third-order valence-electron chi connectivity index (χ3n) is 2.88. The van der Waals surface area contributed by atoms with E-state index in [2.05, 4.69) is 0 Å². The molecule has 19 heavy (non-hydrogen) atoms. The lowest BCUT2D eigenvalue weighted by atomic mass is 10.3. The van der Waals surface area contributed by atoms with Gasteiger partial charge in [0.15, 0.2) is 0 Å². The van der Waals surface area contributed by atoms with Gasteiger partial charge in [0.1, 0.15) is 4.21 Å². The van der Waals surface area contributed by atoms with Gasteiger partial charge in [0.05, 0.1) is 11.4 Å². The topological polar surface area (TPSA) is 63.4 Å². The normalized spacial score (nSPS) is 11.5. The molecule has 0 saturated carbocycles. The fraction of sp³-hybridized carbons (Fsp3) is 0.231. The van der Waals surface area contributed by atoms with Gasteiger partial charge in [0.25, 0.3) is 10.0 Å². The fourth-order valence-corrected chi connectivity index (χ4v) is 4.41. The molecule has 4 nitrogen and oxygen atoms in total. The van der Waals surface area contributed by atoms with Crippen molar-refractivity contribution in [3.8, 4) is 0 Å². The molecule has 0 aliphatic carbocycles. The van der Waals surface area contributed by atoms with Crippen molar-refractivity contribution in [2.24, 2.45) is 0 Å². The molecule has 1 aromatic carbocycles. The van der Waals surface area contributed by atoms with Crippen LogP contribution in [0.2, 0.25) is 0 Å². The van der Waals surface area contributed by atoms with Crippen molar-refractivity contribution in [2.75, 3.05) is 17.1 Å². The SMILES string of the molecule is CCc1ccc(S(=O)(=O)N(C)c2ccccc2N)s1. The molecule has 102 valence electrons. The molecule has 0 amide bonds. The van der Waals surface area contributed by atoms with Gasteiger partial charge < -0.3 is 5.73 Å². The van der Waals surface area contributed by atoms with Crippen LogP contribution in [-0.2, 0) is 16.4 Å². The van der Waals surface area contributed by atoms with E-state index in [9.17, 15) is 8.42 Å². The maximum atomic E-state index is 12.5. The first-order valence-corrected chi connectivity index (χ1v) is 8.14. The van der Waals surface area contributed by atoms with Crippen molar-refractivity contribution in [3.05, 3.63) is 41.3 Å². The molecular weight excluding hydrogens is 280 g/mol. The third kappa shape index (κ3) is 2.59. The standard InChI is InChI=1S/C13H16N2O2S2/c1-3-10-8-9-13(18-10)19(16,17)15(2)12-7-5-4-6-11(12)14/h4-9H,3,14H2,1-2H3. The van der Waals surface area contributed by atoms with Crippen LogP contribution in [0.1, 0.15) is 11.8 Å². The number of rotatable bonds is 4. The van der Waals surface area contributed by atoms with E-state index in [1.807, 2.05) is 13.0 Å². The first kappa shape index (κ1) is 13.9. The van der Waals surface area contributed by atoms with Gasteiger partial charge in [0.2, 0.25) is 0 Å². The third-order valence-corrected chi connectivity index (χ3v) is 6.34. The first-order chi connectivity index (χ1) is 8.96. The van der Waals surface area contributed by atoms with Gasteiger partial charge in [-0.3, -0.25) is 4.31 Å². The summed E-state index contributed by atoms with van der Waals surface area (Å²) in [4.78, 5) is 1.05. The molecule has 0 bridgehead atoms. The average Bonchev–Trinajstić information content (AvgIpc) is 2.88. The molecule has 6 heteroatoms. The molecule has 0 spiro atoms.